The fourth-order valence-corrected chi connectivity index (χ4v) is 3.72. The molecule has 3 aromatic rings. The highest BCUT2D eigenvalue weighted by molar-refractivity contribution is 9.10. The summed E-state index contributed by atoms with van der Waals surface area (Å²) in [6.45, 7) is 6.66. The molecular weight excluding hydrogens is 396 g/mol. The molecule has 1 aromatic heterocycles. The molecule has 0 radical (unpaired) electrons. The summed E-state index contributed by atoms with van der Waals surface area (Å²) in [5.41, 5.74) is 3.67. The Morgan fingerprint density at radius 1 is 1.04 bits per heavy atom. The quantitative estimate of drug-likeness (QED) is 0.479. The number of hydrogen-bond donors (Lipinski definition) is 1. The first-order valence-electron chi connectivity index (χ1n) is 8.04. The highest BCUT2D eigenvalue weighted by atomic mass is 79.9. The van der Waals surface area contributed by atoms with Gasteiger partial charge in [-0.1, -0.05) is 84.9 Å². The number of nitrogen functional groups attached to an aromatic ring is 1. The van der Waals surface area contributed by atoms with Gasteiger partial charge >= 0.3 is 0 Å². The number of aromatic nitrogens is 3. The molecule has 4 nitrogen and oxygen atoms in total. The number of hydrogen-bond acceptors (Lipinski definition) is 4. The maximum atomic E-state index is 6.20. The third-order valence-corrected chi connectivity index (χ3v) is 5.67. The zero-order valence-electron chi connectivity index (χ0n) is 14.5. The summed E-state index contributed by atoms with van der Waals surface area (Å²) in [7, 11) is 0. The molecule has 0 aliphatic rings. The Morgan fingerprint density at radius 2 is 1.72 bits per heavy atom. The first-order valence-corrected chi connectivity index (χ1v) is 9.82. The SMILES string of the molecule is CC(C)(C)c1ccc(CSc2nnc(-c3ccccc3Br)n2N)cc1. The van der Waals surface area contributed by atoms with E-state index in [4.69, 9.17) is 5.84 Å². The molecule has 0 spiro atoms. The van der Waals surface area contributed by atoms with Crippen molar-refractivity contribution < 1.29 is 0 Å². The molecular formula is C19H21BrN4S. The van der Waals surface area contributed by atoms with Crippen LogP contribution in [0.3, 0.4) is 0 Å². The molecule has 0 aliphatic carbocycles. The lowest BCUT2D eigenvalue weighted by molar-refractivity contribution is 0.590. The predicted molar refractivity (Wildman–Crippen MR) is 108 cm³/mol. The van der Waals surface area contributed by atoms with E-state index < -0.39 is 0 Å². The summed E-state index contributed by atoms with van der Waals surface area (Å²) in [4.78, 5) is 0. The molecule has 0 atom stereocenters. The molecule has 0 unspecified atom stereocenters. The van der Waals surface area contributed by atoms with Crippen molar-refractivity contribution in [2.45, 2.75) is 37.1 Å². The van der Waals surface area contributed by atoms with Crippen molar-refractivity contribution in [1.29, 1.82) is 0 Å². The fraction of sp³-hybridized carbons (Fsp3) is 0.263. The summed E-state index contributed by atoms with van der Waals surface area (Å²) >= 11 is 5.12. The molecule has 6 heteroatoms. The molecule has 25 heavy (non-hydrogen) atoms. The van der Waals surface area contributed by atoms with E-state index in [0.717, 1.165) is 15.8 Å². The fourth-order valence-electron chi connectivity index (χ4n) is 2.45. The van der Waals surface area contributed by atoms with E-state index in [2.05, 4.69) is 71.2 Å². The van der Waals surface area contributed by atoms with Crippen molar-refractivity contribution in [3.05, 3.63) is 64.1 Å². The van der Waals surface area contributed by atoms with E-state index in [1.165, 1.54) is 11.1 Å². The molecule has 130 valence electrons. The molecule has 0 saturated carbocycles. The number of halogens is 1. The van der Waals surface area contributed by atoms with Crippen LogP contribution in [0.25, 0.3) is 11.4 Å². The van der Waals surface area contributed by atoms with Crippen molar-refractivity contribution in [3.8, 4) is 11.4 Å². The van der Waals surface area contributed by atoms with Crippen LogP contribution in [-0.4, -0.2) is 14.9 Å². The predicted octanol–water partition coefficient (Wildman–Crippen LogP) is 5.01. The van der Waals surface area contributed by atoms with Crippen LogP contribution >= 0.6 is 27.7 Å². The number of rotatable bonds is 4. The Labute approximate surface area is 160 Å². The lowest BCUT2D eigenvalue weighted by atomic mass is 9.87. The van der Waals surface area contributed by atoms with Gasteiger partial charge in [-0.3, -0.25) is 0 Å². The third-order valence-electron chi connectivity index (χ3n) is 3.97. The van der Waals surface area contributed by atoms with Gasteiger partial charge in [0.15, 0.2) is 5.82 Å². The molecule has 2 N–H and O–H groups in total. The topological polar surface area (TPSA) is 56.7 Å². The molecule has 0 bridgehead atoms. The van der Waals surface area contributed by atoms with Crippen LogP contribution in [0.1, 0.15) is 31.9 Å². The highest BCUT2D eigenvalue weighted by Crippen LogP contribution is 2.29. The van der Waals surface area contributed by atoms with Crippen LogP contribution in [0.2, 0.25) is 0 Å². The van der Waals surface area contributed by atoms with E-state index in [1.54, 1.807) is 16.4 Å². The maximum absolute atomic E-state index is 6.20. The zero-order valence-corrected chi connectivity index (χ0v) is 16.9. The standard InChI is InChI=1S/C19H21BrN4S/c1-19(2,3)14-10-8-13(9-11-14)12-25-18-23-22-17(24(18)21)15-6-4-5-7-16(15)20/h4-11H,12,21H2,1-3H3. The van der Waals surface area contributed by atoms with Crippen LogP contribution in [0.4, 0.5) is 0 Å². The van der Waals surface area contributed by atoms with Crippen molar-refractivity contribution in [1.82, 2.24) is 14.9 Å². The lowest BCUT2D eigenvalue weighted by Gasteiger charge is -2.19. The third kappa shape index (κ3) is 4.07. The van der Waals surface area contributed by atoms with E-state index in [1.807, 2.05) is 24.3 Å². The van der Waals surface area contributed by atoms with Gasteiger partial charge in [-0.2, -0.15) is 0 Å². The smallest absolute Gasteiger partial charge is 0.210 e. The summed E-state index contributed by atoms with van der Waals surface area (Å²) in [5, 5.41) is 9.18. The molecule has 3 rings (SSSR count). The Hall–Kier alpha value is -1.79. The van der Waals surface area contributed by atoms with E-state index >= 15 is 0 Å². The van der Waals surface area contributed by atoms with E-state index in [0.29, 0.717) is 11.0 Å². The Kier molecular flexibility index (Phi) is 5.20. The minimum Gasteiger partial charge on any atom is -0.335 e. The molecule has 2 aromatic carbocycles. The first-order chi connectivity index (χ1) is 11.9. The van der Waals surface area contributed by atoms with Crippen molar-refractivity contribution in [3.63, 3.8) is 0 Å². The molecule has 0 amide bonds. The normalized spacial score (nSPS) is 11.7. The monoisotopic (exact) mass is 416 g/mol. The average Bonchev–Trinajstić information content (AvgIpc) is 2.94. The minimum atomic E-state index is 0.168. The van der Waals surface area contributed by atoms with E-state index in [9.17, 15) is 0 Å². The second-order valence-corrected chi connectivity index (χ2v) is 8.69. The van der Waals surface area contributed by atoms with Gasteiger partial charge in [-0.25, -0.2) is 4.68 Å². The maximum Gasteiger partial charge on any atom is 0.210 e. The summed E-state index contributed by atoms with van der Waals surface area (Å²) in [6.07, 6.45) is 0. The highest BCUT2D eigenvalue weighted by Gasteiger charge is 2.15. The minimum absolute atomic E-state index is 0.168. The first kappa shape index (κ1) is 18.0. The van der Waals surface area contributed by atoms with Crippen molar-refractivity contribution in [2.24, 2.45) is 0 Å². The van der Waals surface area contributed by atoms with Gasteiger partial charge in [0.05, 0.1) is 0 Å². The number of benzene rings is 2. The van der Waals surface area contributed by atoms with Gasteiger partial charge in [-0.05, 0) is 28.7 Å². The number of nitrogens with two attached hydrogens (primary N) is 1. The van der Waals surface area contributed by atoms with Gasteiger partial charge in [0.25, 0.3) is 0 Å². The summed E-state index contributed by atoms with van der Waals surface area (Å²) in [6, 6.07) is 16.6. The van der Waals surface area contributed by atoms with Crippen LogP contribution in [0.15, 0.2) is 58.2 Å². The van der Waals surface area contributed by atoms with Crippen molar-refractivity contribution >= 4 is 27.7 Å². The molecule has 0 fully saturated rings. The summed E-state index contributed by atoms with van der Waals surface area (Å²) in [5.74, 6) is 7.65. The molecule has 0 aliphatic heterocycles. The Bertz CT molecular complexity index is 866. The van der Waals surface area contributed by atoms with Crippen LogP contribution < -0.4 is 5.84 Å². The Balaban J connectivity index is 1.74. The van der Waals surface area contributed by atoms with Gasteiger partial charge in [-0.15, -0.1) is 10.2 Å². The van der Waals surface area contributed by atoms with Gasteiger partial charge in [0, 0.05) is 15.8 Å². The van der Waals surface area contributed by atoms with Crippen LogP contribution in [-0.2, 0) is 11.2 Å². The second kappa shape index (κ2) is 7.22. The second-order valence-electron chi connectivity index (χ2n) is 6.89. The average molecular weight is 417 g/mol. The van der Waals surface area contributed by atoms with Crippen LogP contribution in [0, 0.1) is 0 Å². The molecule has 0 saturated heterocycles. The molecule has 1 heterocycles. The van der Waals surface area contributed by atoms with E-state index in [-0.39, 0.29) is 5.41 Å². The van der Waals surface area contributed by atoms with Gasteiger partial charge < -0.3 is 5.84 Å². The zero-order chi connectivity index (χ0) is 18.0. The van der Waals surface area contributed by atoms with Crippen LogP contribution in [0.5, 0.6) is 0 Å². The number of nitrogens with zero attached hydrogens (tertiary/aromatic N) is 3. The summed E-state index contributed by atoms with van der Waals surface area (Å²) < 4.78 is 2.50. The Morgan fingerprint density at radius 3 is 2.36 bits per heavy atom. The number of thioether (sulfide) groups is 1. The van der Waals surface area contributed by atoms with Gasteiger partial charge in [0.2, 0.25) is 5.16 Å². The van der Waals surface area contributed by atoms with Crippen molar-refractivity contribution in [2.75, 3.05) is 5.84 Å². The van der Waals surface area contributed by atoms with Gasteiger partial charge in [0.1, 0.15) is 0 Å². The largest absolute Gasteiger partial charge is 0.335 e. The lowest BCUT2D eigenvalue weighted by Crippen LogP contribution is -2.12.